The number of fused-ring (bicyclic) bond motifs is 6. The molecule has 6 heteroatoms. The van der Waals surface area contributed by atoms with Gasteiger partial charge in [-0.1, -0.05) is 157 Å². The Balaban J connectivity index is 0.000000158. The molecular formula is C67H47IrN4O. The average Bonchev–Trinajstić information content (AvgIpc) is 4.05. The number of imidazole rings is 1. The van der Waals surface area contributed by atoms with Gasteiger partial charge in [0.1, 0.15) is 5.58 Å². The predicted octanol–water partition coefficient (Wildman–Crippen LogP) is 16.2. The summed E-state index contributed by atoms with van der Waals surface area (Å²) in [6.07, 6.45) is 7.68. The van der Waals surface area contributed by atoms with Crippen molar-refractivity contribution in [3.05, 3.63) is 277 Å². The maximum absolute atomic E-state index is 6.55. The number of hydrogen-bond donors (Lipinski definition) is 0. The number of pyridine rings is 2. The Kier molecular flexibility index (Phi) is 13.8. The van der Waals surface area contributed by atoms with Gasteiger partial charge in [0.2, 0.25) is 0 Å². The van der Waals surface area contributed by atoms with Crippen molar-refractivity contribution < 1.29 is 24.5 Å². The van der Waals surface area contributed by atoms with E-state index in [1.54, 1.807) is 0 Å². The minimum Gasteiger partial charge on any atom is -0.500 e. The number of hydrogen-bond acceptors (Lipinski definition) is 4. The number of aryl methyl sites for hydroxylation is 4. The first-order valence-electron chi connectivity index (χ1n) is 24.5. The molecule has 0 atom stereocenters. The predicted molar refractivity (Wildman–Crippen MR) is 294 cm³/mol. The van der Waals surface area contributed by atoms with Crippen LogP contribution in [-0.2, 0) is 45.8 Å². The average molecular weight is 1120 g/mol. The monoisotopic (exact) mass is 1120 g/mol. The van der Waals surface area contributed by atoms with Crippen LogP contribution in [0.4, 0.5) is 0 Å². The first-order chi connectivity index (χ1) is 35.7. The minimum absolute atomic E-state index is 0. The number of rotatable bonds is 11. The summed E-state index contributed by atoms with van der Waals surface area (Å²) in [6.45, 7) is 0. The van der Waals surface area contributed by atoms with E-state index in [1.807, 2.05) is 97.3 Å². The van der Waals surface area contributed by atoms with E-state index in [9.17, 15) is 0 Å². The van der Waals surface area contributed by atoms with Crippen LogP contribution in [0.25, 0.3) is 94.5 Å². The normalized spacial score (nSPS) is 11.1. The largest absolute Gasteiger partial charge is 3.00 e. The molecular weight excluding hydrogens is 1070 g/mol. The van der Waals surface area contributed by atoms with Gasteiger partial charge in [-0.2, -0.15) is 0 Å². The Labute approximate surface area is 438 Å². The Morgan fingerprint density at radius 1 is 0.452 bits per heavy atom. The fourth-order valence-corrected chi connectivity index (χ4v) is 9.81. The van der Waals surface area contributed by atoms with Gasteiger partial charge in [-0.3, -0.25) is 4.98 Å². The van der Waals surface area contributed by atoms with Crippen LogP contribution in [0.2, 0.25) is 0 Å². The maximum atomic E-state index is 6.55. The summed E-state index contributed by atoms with van der Waals surface area (Å²) in [5.41, 5.74) is 17.5. The van der Waals surface area contributed by atoms with Crippen LogP contribution < -0.4 is 0 Å². The summed E-state index contributed by atoms with van der Waals surface area (Å²) in [5, 5.41) is 4.47. The van der Waals surface area contributed by atoms with Crippen LogP contribution in [-0.4, -0.2) is 19.5 Å². The molecule has 0 aliphatic heterocycles. The minimum atomic E-state index is 0. The number of nitrogens with zero attached hydrogens (tertiary/aromatic N) is 4. The molecule has 0 saturated heterocycles. The summed E-state index contributed by atoms with van der Waals surface area (Å²) < 4.78 is 8.74. The second-order valence-electron chi connectivity index (χ2n) is 17.9. The third-order valence-corrected chi connectivity index (χ3v) is 13.4. The van der Waals surface area contributed by atoms with E-state index < -0.39 is 0 Å². The van der Waals surface area contributed by atoms with Crippen molar-refractivity contribution in [2.24, 2.45) is 0 Å². The van der Waals surface area contributed by atoms with Gasteiger partial charge in [-0.15, -0.1) is 89.5 Å². The van der Waals surface area contributed by atoms with E-state index in [2.05, 4.69) is 167 Å². The van der Waals surface area contributed by atoms with Crippen molar-refractivity contribution in [1.82, 2.24) is 19.5 Å². The molecule has 13 aromatic rings. The van der Waals surface area contributed by atoms with E-state index in [0.29, 0.717) is 0 Å². The molecule has 73 heavy (non-hydrogen) atoms. The molecule has 9 aromatic carbocycles. The van der Waals surface area contributed by atoms with Gasteiger partial charge in [0.05, 0.1) is 22.4 Å². The van der Waals surface area contributed by atoms with Crippen molar-refractivity contribution in [1.29, 1.82) is 0 Å². The van der Waals surface area contributed by atoms with Gasteiger partial charge >= 0.3 is 20.1 Å². The summed E-state index contributed by atoms with van der Waals surface area (Å²) in [6, 6.07) is 87.6. The molecule has 0 N–H and O–H groups in total. The standard InChI is InChI=1S/C38H30N2.C29H17N2O.Ir/c1-2-12-33(13-3-1)38-26-21-30(28-40-38)20-23-32-11-5-7-15-36(32)35-14-6-4-10-31(35)22-17-29-18-24-34(25-19-29)37-16-8-9-27-39-37;1-2-10-20(11-3-1)31-26-16-7-6-15-25(26)30-29(31)24-14-8-13-22-23-18-17-19-9-4-5-12-21(19)27(23)32-28(22)24;/h1-12,14-16,18-19,21,24,26-28H,17,20,22-23H2;1-13,15-18H;/q-2;-1;+3. The molecule has 0 bridgehead atoms. The molecule has 0 aliphatic rings. The Morgan fingerprint density at radius 2 is 1.14 bits per heavy atom. The summed E-state index contributed by atoms with van der Waals surface area (Å²) >= 11 is 0. The van der Waals surface area contributed by atoms with Crippen molar-refractivity contribution in [2.75, 3.05) is 0 Å². The number of furan rings is 1. The van der Waals surface area contributed by atoms with Crippen molar-refractivity contribution in [3.8, 4) is 50.7 Å². The van der Waals surface area contributed by atoms with Crippen LogP contribution in [0.1, 0.15) is 22.3 Å². The molecule has 350 valence electrons. The van der Waals surface area contributed by atoms with Gasteiger partial charge in [0.25, 0.3) is 0 Å². The summed E-state index contributed by atoms with van der Waals surface area (Å²) in [4.78, 5) is 14.1. The van der Waals surface area contributed by atoms with E-state index in [4.69, 9.17) is 14.4 Å². The molecule has 13 rings (SSSR count). The molecule has 0 unspecified atom stereocenters. The van der Waals surface area contributed by atoms with Gasteiger partial charge < -0.3 is 19.0 Å². The molecule has 4 aromatic heterocycles. The van der Waals surface area contributed by atoms with Crippen LogP contribution in [0.5, 0.6) is 0 Å². The smallest absolute Gasteiger partial charge is 0.500 e. The third kappa shape index (κ3) is 9.79. The van der Waals surface area contributed by atoms with E-state index in [1.165, 1.54) is 38.8 Å². The fourth-order valence-electron chi connectivity index (χ4n) is 9.81. The fraction of sp³-hybridized carbons (Fsp3) is 0.0597. The second-order valence-corrected chi connectivity index (χ2v) is 17.9. The van der Waals surface area contributed by atoms with Crippen molar-refractivity contribution >= 4 is 43.7 Å². The molecule has 0 fully saturated rings. The molecule has 0 saturated carbocycles. The molecule has 5 nitrogen and oxygen atoms in total. The van der Waals surface area contributed by atoms with Gasteiger partial charge in [-0.05, 0) is 94.2 Å². The van der Waals surface area contributed by atoms with Gasteiger partial charge in [-0.25, -0.2) is 0 Å². The first-order valence-corrected chi connectivity index (χ1v) is 24.5. The van der Waals surface area contributed by atoms with Gasteiger partial charge in [0.15, 0.2) is 0 Å². The molecule has 0 amide bonds. The molecule has 0 radical (unpaired) electrons. The third-order valence-electron chi connectivity index (χ3n) is 13.4. The van der Waals surface area contributed by atoms with E-state index in [0.717, 1.165) is 104 Å². The quantitative estimate of drug-likeness (QED) is 0.121. The van der Waals surface area contributed by atoms with Crippen LogP contribution in [0.15, 0.2) is 241 Å². The zero-order chi connectivity index (χ0) is 48.1. The second kappa shape index (κ2) is 21.4. The van der Waals surface area contributed by atoms with E-state index >= 15 is 0 Å². The van der Waals surface area contributed by atoms with Crippen molar-refractivity contribution in [2.45, 2.75) is 25.7 Å². The number of benzene rings is 9. The van der Waals surface area contributed by atoms with E-state index in [-0.39, 0.29) is 20.1 Å². The Bertz CT molecular complexity index is 3830. The number of aromatic nitrogens is 4. The van der Waals surface area contributed by atoms with Gasteiger partial charge in [0, 0.05) is 28.9 Å². The van der Waals surface area contributed by atoms with Crippen LogP contribution in [0.3, 0.4) is 0 Å². The summed E-state index contributed by atoms with van der Waals surface area (Å²) in [7, 11) is 0. The Morgan fingerprint density at radius 3 is 1.89 bits per heavy atom. The first kappa shape index (κ1) is 46.8. The molecule has 0 spiro atoms. The Hall–Kier alpha value is -8.54. The molecule has 0 aliphatic carbocycles. The summed E-state index contributed by atoms with van der Waals surface area (Å²) in [5.74, 6) is 0.825. The zero-order valence-corrected chi connectivity index (χ0v) is 42.3. The number of para-hydroxylation sites is 3. The SMILES string of the molecule is [Ir+3].[c-]1cc(CCc2ccccc2-c2ccccc2CCc2ccc(-c3[c-]cccc3)nc2)ccc1-c1ccccn1.[c-]1ccc2c(oc3c4ccccc4ccc23)c1-c1nc2ccccc2n1-c1ccccc1. The maximum Gasteiger partial charge on any atom is 3.00 e. The topological polar surface area (TPSA) is 56.7 Å². The van der Waals surface area contributed by atoms with Crippen molar-refractivity contribution in [3.63, 3.8) is 0 Å². The van der Waals surface area contributed by atoms with Crippen LogP contribution in [0, 0.1) is 18.2 Å². The molecule has 4 heterocycles. The van der Waals surface area contributed by atoms with Crippen LogP contribution >= 0.6 is 0 Å². The zero-order valence-electron chi connectivity index (χ0n) is 39.9.